The van der Waals surface area contributed by atoms with Gasteiger partial charge in [-0.3, -0.25) is 9.59 Å². The van der Waals surface area contributed by atoms with Crippen molar-refractivity contribution in [1.82, 2.24) is 0 Å². The van der Waals surface area contributed by atoms with Crippen molar-refractivity contribution in [3.63, 3.8) is 0 Å². The van der Waals surface area contributed by atoms with Crippen LogP contribution in [0.2, 0.25) is 0 Å². The first-order valence-corrected chi connectivity index (χ1v) is 8.64. The van der Waals surface area contributed by atoms with Crippen molar-refractivity contribution >= 4 is 23.6 Å². The van der Waals surface area contributed by atoms with Crippen LogP contribution in [0.4, 0.5) is 5.69 Å². The minimum absolute atomic E-state index is 0.214. The standard InChI is InChI=1S/C21H25NO4/c1-14(2)18-7-5-6-15(3)21(18)22-19(23)12-10-16-8-9-17(26-16)11-13-20(24)25-4/h5-10,12,14H,11,13H2,1-4H3,(H,22,23). The van der Waals surface area contributed by atoms with Gasteiger partial charge in [0.05, 0.1) is 13.5 Å². The Morgan fingerprint density at radius 1 is 1.23 bits per heavy atom. The van der Waals surface area contributed by atoms with Crippen LogP contribution in [0.25, 0.3) is 6.08 Å². The number of para-hydroxylation sites is 1. The fourth-order valence-corrected chi connectivity index (χ4v) is 2.61. The van der Waals surface area contributed by atoms with Crippen LogP contribution in [-0.2, 0) is 20.7 Å². The zero-order chi connectivity index (χ0) is 19.1. The van der Waals surface area contributed by atoms with Gasteiger partial charge in [0.1, 0.15) is 11.5 Å². The van der Waals surface area contributed by atoms with Crippen LogP contribution >= 0.6 is 0 Å². The monoisotopic (exact) mass is 355 g/mol. The number of esters is 1. The predicted molar refractivity (Wildman–Crippen MR) is 102 cm³/mol. The molecule has 0 saturated carbocycles. The van der Waals surface area contributed by atoms with Crippen LogP contribution in [0, 0.1) is 6.92 Å². The maximum Gasteiger partial charge on any atom is 0.305 e. The van der Waals surface area contributed by atoms with E-state index in [4.69, 9.17) is 4.42 Å². The molecule has 0 atom stereocenters. The number of aryl methyl sites for hydroxylation is 2. The Morgan fingerprint density at radius 2 is 2.00 bits per heavy atom. The Kier molecular flexibility index (Phi) is 6.78. The summed E-state index contributed by atoms with van der Waals surface area (Å²) in [6.07, 6.45) is 3.79. The molecule has 2 rings (SSSR count). The molecule has 1 amide bonds. The topological polar surface area (TPSA) is 68.5 Å². The quantitative estimate of drug-likeness (QED) is 0.588. The minimum Gasteiger partial charge on any atom is -0.469 e. The number of methoxy groups -OCH3 is 1. The maximum atomic E-state index is 12.3. The summed E-state index contributed by atoms with van der Waals surface area (Å²) in [6, 6.07) is 9.56. The van der Waals surface area contributed by atoms with Gasteiger partial charge in [-0.05, 0) is 42.2 Å². The molecular formula is C21H25NO4. The summed E-state index contributed by atoms with van der Waals surface area (Å²) in [7, 11) is 1.36. The number of amides is 1. The van der Waals surface area contributed by atoms with Crippen molar-refractivity contribution in [3.05, 3.63) is 59.1 Å². The van der Waals surface area contributed by atoms with Gasteiger partial charge in [-0.1, -0.05) is 32.0 Å². The van der Waals surface area contributed by atoms with E-state index in [1.54, 1.807) is 18.2 Å². The first-order chi connectivity index (χ1) is 12.4. The molecule has 1 heterocycles. The van der Waals surface area contributed by atoms with Gasteiger partial charge in [0.2, 0.25) is 5.91 Å². The molecule has 26 heavy (non-hydrogen) atoms. The largest absolute Gasteiger partial charge is 0.469 e. The number of rotatable bonds is 7. The molecular weight excluding hydrogens is 330 g/mol. The van der Waals surface area contributed by atoms with Crippen LogP contribution < -0.4 is 5.32 Å². The van der Waals surface area contributed by atoms with Gasteiger partial charge in [-0.2, -0.15) is 0 Å². The van der Waals surface area contributed by atoms with Crippen molar-refractivity contribution < 1.29 is 18.7 Å². The maximum absolute atomic E-state index is 12.3. The lowest BCUT2D eigenvalue weighted by Gasteiger charge is -2.15. The van der Waals surface area contributed by atoms with E-state index in [2.05, 4.69) is 23.9 Å². The predicted octanol–water partition coefficient (Wildman–Crippen LogP) is 4.47. The highest BCUT2D eigenvalue weighted by Gasteiger charge is 2.11. The molecule has 0 fully saturated rings. The van der Waals surface area contributed by atoms with E-state index in [1.165, 1.54) is 13.2 Å². The molecule has 138 valence electrons. The third-order valence-corrected chi connectivity index (χ3v) is 4.06. The number of benzene rings is 1. The third kappa shape index (κ3) is 5.34. The van der Waals surface area contributed by atoms with Gasteiger partial charge in [-0.15, -0.1) is 0 Å². The van der Waals surface area contributed by atoms with Gasteiger partial charge >= 0.3 is 5.97 Å². The molecule has 0 aliphatic carbocycles. The molecule has 1 aromatic carbocycles. The molecule has 5 heteroatoms. The molecule has 0 aliphatic heterocycles. The van der Waals surface area contributed by atoms with Gasteiger partial charge in [0.15, 0.2) is 0 Å². The average Bonchev–Trinajstić information content (AvgIpc) is 3.07. The normalized spacial score (nSPS) is 11.1. The highest BCUT2D eigenvalue weighted by molar-refractivity contribution is 6.02. The number of furan rings is 1. The molecule has 1 N–H and O–H groups in total. The van der Waals surface area contributed by atoms with Crippen molar-refractivity contribution in [1.29, 1.82) is 0 Å². The summed E-state index contributed by atoms with van der Waals surface area (Å²) < 4.78 is 10.2. The van der Waals surface area contributed by atoms with Crippen LogP contribution in [0.3, 0.4) is 0 Å². The molecule has 2 aromatic rings. The van der Waals surface area contributed by atoms with Crippen LogP contribution in [0.15, 0.2) is 40.8 Å². The molecule has 5 nitrogen and oxygen atoms in total. The van der Waals surface area contributed by atoms with Gasteiger partial charge in [0, 0.05) is 18.2 Å². The fourth-order valence-electron chi connectivity index (χ4n) is 2.61. The summed E-state index contributed by atoms with van der Waals surface area (Å²) in [5, 5.41) is 2.96. The van der Waals surface area contributed by atoms with Crippen molar-refractivity contribution in [2.75, 3.05) is 12.4 Å². The minimum atomic E-state index is -0.281. The molecule has 1 aromatic heterocycles. The second-order valence-electron chi connectivity index (χ2n) is 6.40. The number of hydrogen-bond donors (Lipinski definition) is 1. The van der Waals surface area contributed by atoms with Gasteiger partial charge < -0.3 is 14.5 Å². The molecule has 0 aliphatic rings. The van der Waals surface area contributed by atoms with E-state index < -0.39 is 0 Å². The van der Waals surface area contributed by atoms with Crippen LogP contribution in [0.5, 0.6) is 0 Å². The zero-order valence-electron chi connectivity index (χ0n) is 15.7. The number of carbonyl (C=O) groups is 2. The summed E-state index contributed by atoms with van der Waals surface area (Å²) in [6.45, 7) is 6.17. The lowest BCUT2D eigenvalue weighted by molar-refractivity contribution is -0.140. The van der Waals surface area contributed by atoms with E-state index in [1.807, 2.05) is 25.1 Å². The number of nitrogens with one attached hydrogen (secondary N) is 1. The van der Waals surface area contributed by atoms with Gasteiger partial charge in [-0.25, -0.2) is 0 Å². The van der Waals surface area contributed by atoms with Crippen LogP contribution in [0.1, 0.15) is 48.8 Å². The summed E-state index contributed by atoms with van der Waals surface area (Å²) in [5.41, 5.74) is 2.99. The fraction of sp³-hybridized carbons (Fsp3) is 0.333. The molecule has 0 saturated heterocycles. The summed E-state index contributed by atoms with van der Waals surface area (Å²) in [5.74, 6) is 1.06. The number of carbonyl (C=O) groups excluding carboxylic acids is 2. The lowest BCUT2D eigenvalue weighted by Crippen LogP contribution is -2.11. The third-order valence-electron chi connectivity index (χ3n) is 4.06. The van der Waals surface area contributed by atoms with Gasteiger partial charge in [0.25, 0.3) is 0 Å². The van der Waals surface area contributed by atoms with E-state index in [-0.39, 0.29) is 18.3 Å². The highest BCUT2D eigenvalue weighted by Crippen LogP contribution is 2.27. The zero-order valence-corrected chi connectivity index (χ0v) is 15.7. The van der Waals surface area contributed by atoms with E-state index in [0.717, 1.165) is 16.8 Å². The Labute approximate surface area is 154 Å². The van der Waals surface area contributed by atoms with Crippen molar-refractivity contribution in [3.8, 4) is 0 Å². The Hall–Kier alpha value is -2.82. The van der Waals surface area contributed by atoms with Crippen LogP contribution in [-0.4, -0.2) is 19.0 Å². The Bertz CT molecular complexity index is 802. The molecule has 0 unspecified atom stereocenters. The van der Waals surface area contributed by atoms with E-state index in [9.17, 15) is 9.59 Å². The Morgan fingerprint density at radius 3 is 2.69 bits per heavy atom. The molecule has 0 spiro atoms. The van der Waals surface area contributed by atoms with Crippen molar-refractivity contribution in [2.24, 2.45) is 0 Å². The number of anilines is 1. The molecule has 0 radical (unpaired) electrons. The number of hydrogen-bond acceptors (Lipinski definition) is 4. The summed E-state index contributed by atoms with van der Waals surface area (Å²) in [4.78, 5) is 23.4. The smallest absolute Gasteiger partial charge is 0.305 e. The van der Waals surface area contributed by atoms with E-state index in [0.29, 0.717) is 23.9 Å². The average molecular weight is 355 g/mol. The summed E-state index contributed by atoms with van der Waals surface area (Å²) >= 11 is 0. The second kappa shape index (κ2) is 9.04. The first kappa shape index (κ1) is 19.5. The van der Waals surface area contributed by atoms with E-state index >= 15 is 0 Å². The highest BCUT2D eigenvalue weighted by atomic mass is 16.5. The Balaban J connectivity index is 2.00. The number of ether oxygens (including phenoxy) is 1. The first-order valence-electron chi connectivity index (χ1n) is 8.64. The van der Waals surface area contributed by atoms with Crippen molar-refractivity contribution in [2.45, 2.75) is 39.5 Å². The second-order valence-corrected chi connectivity index (χ2v) is 6.40. The molecule has 0 bridgehead atoms. The SMILES string of the molecule is COC(=O)CCc1ccc(C=CC(=O)Nc2c(C)cccc2C(C)C)o1. The lowest BCUT2D eigenvalue weighted by atomic mass is 9.98.